The highest BCUT2D eigenvalue weighted by Crippen LogP contribution is 2.21. The summed E-state index contributed by atoms with van der Waals surface area (Å²) in [6.45, 7) is 0.785. The number of amides is 1. The first-order valence-corrected chi connectivity index (χ1v) is 10.9. The summed E-state index contributed by atoms with van der Waals surface area (Å²) >= 11 is 0. The number of rotatable bonds is 10. The number of halogens is 2. The molecule has 0 radical (unpaired) electrons. The van der Waals surface area contributed by atoms with Gasteiger partial charge in [-0.05, 0) is 37.1 Å². The Morgan fingerprint density at radius 1 is 1.07 bits per heavy atom. The molecule has 0 fully saturated rings. The van der Waals surface area contributed by atoms with Gasteiger partial charge in [0.15, 0.2) is 0 Å². The van der Waals surface area contributed by atoms with Crippen molar-refractivity contribution in [3.8, 4) is 5.75 Å². The Hall–Kier alpha value is -2.78. The molecule has 0 aliphatic rings. The number of carbonyl (C=O) groups excluding carboxylic acids is 1. The molecule has 2 aromatic rings. The Bertz CT molecular complexity index is 975. The number of sulfonamides is 1. The predicted molar refractivity (Wildman–Crippen MR) is 111 cm³/mol. The molecule has 2 N–H and O–H groups in total. The van der Waals surface area contributed by atoms with Crippen LogP contribution < -0.4 is 14.8 Å². The van der Waals surface area contributed by atoms with Gasteiger partial charge in [0.2, 0.25) is 15.9 Å². The van der Waals surface area contributed by atoms with Gasteiger partial charge >= 0.3 is 6.61 Å². The average molecular weight is 438 g/mol. The number of carbonyl (C=O) groups is 1. The molecule has 0 heterocycles. The van der Waals surface area contributed by atoms with Gasteiger partial charge in [0.25, 0.3) is 0 Å². The van der Waals surface area contributed by atoms with Gasteiger partial charge in [0, 0.05) is 24.2 Å². The number of nitrogens with one attached hydrogen (secondary N) is 2. The fourth-order valence-corrected chi connectivity index (χ4v) is 4.04. The lowest BCUT2D eigenvalue weighted by molar-refractivity contribution is -0.116. The standard InChI is InChI=1S/C21H24F2N2O4S/c1-15(2)25-30(27,28)14-17-9-7-16(8-10-17)13-24-20(26)12-11-18-5-3-4-6-19(18)29-21(22)23/h3-12,15,21,25H,13-14H2,1-2H3,(H,24,26)/b12-11+. The highest BCUT2D eigenvalue weighted by atomic mass is 32.2. The molecule has 6 nitrogen and oxygen atoms in total. The van der Waals surface area contributed by atoms with E-state index in [1.165, 1.54) is 18.2 Å². The zero-order chi connectivity index (χ0) is 22.1. The van der Waals surface area contributed by atoms with Crippen molar-refractivity contribution in [1.29, 1.82) is 0 Å². The van der Waals surface area contributed by atoms with Crippen molar-refractivity contribution >= 4 is 22.0 Å². The topological polar surface area (TPSA) is 84.5 Å². The van der Waals surface area contributed by atoms with Gasteiger partial charge < -0.3 is 10.1 Å². The Labute approximate surface area is 175 Å². The predicted octanol–water partition coefficient (Wildman–Crippen LogP) is 3.45. The van der Waals surface area contributed by atoms with Gasteiger partial charge in [-0.3, -0.25) is 4.79 Å². The molecule has 0 bridgehead atoms. The minimum absolute atomic E-state index is 0.0194. The zero-order valence-electron chi connectivity index (χ0n) is 16.6. The summed E-state index contributed by atoms with van der Waals surface area (Å²) in [4.78, 5) is 12.0. The molecule has 2 aromatic carbocycles. The summed E-state index contributed by atoms with van der Waals surface area (Å²) < 4.78 is 55.7. The van der Waals surface area contributed by atoms with Crippen molar-refractivity contribution < 1.29 is 26.7 Å². The lowest BCUT2D eigenvalue weighted by Crippen LogP contribution is -2.31. The second-order valence-corrected chi connectivity index (χ2v) is 8.57. The van der Waals surface area contributed by atoms with Crippen molar-refractivity contribution in [3.05, 3.63) is 71.3 Å². The first-order chi connectivity index (χ1) is 14.1. The molecule has 9 heteroatoms. The summed E-state index contributed by atoms with van der Waals surface area (Å²) in [5.74, 6) is -0.551. The first-order valence-electron chi connectivity index (χ1n) is 9.22. The molecule has 162 valence electrons. The number of para-hydroxylation sites is 1. The number of ether oxygens (including phenoxy) is 1. The van der Waals surface area contributed by atoms with Crippen LogP contribution in [0.3, 0.4) is 0 Å². The fourth-order valence-electron chi connectivity index (χ4n) is 2.61. The maximum absolute atomic E-state index is 12.4. The van der Waals surface area contributed by atoms with E-state index in [4.69, 9.17) is 0 Å². The van der Waals surface area contributed by atoms with Crippen molar-refractivity contribution in [2.24, 2.45) is 0 Å². The van der Waals surface area contributed by atoms with Gasteiger partial charge in [-0.1, -0.05) is 42.5 Å². The molecule has 0 saturated carbocycles. The molecule has 0 aliphatic carbocycles. The third kappa shape index (κ3) is 8.30. The van der Waals surface area contributed by atoms with E-state index in [0.29, 0.717) is 11.1 Å². The Morgan fingerprint density at radius 3 is 2.33 bits per heavy atom. The van der Waals surface area contributed by atoms with Crippen LogP contribution in [-0.2, 0) is 27.1 Å². The number of hydrogen-bond donors (Lipinski definition) is 2. The monoisotopic (exact) mass is 438 g/mol. The minimum atomic E-state index is -3.40. The largest absolute Gasteiger partial charge is 0.434 e. The van der Waals surface area contributed by atoms with Crippen molar-refractivity contribution in [2.45, 2.75) is 38.8 Å². The van der Waals surface area contributed by atoms with E-state index in [-0.39, 0.29) is 24.1 Å². The van der Waals surface area contributed by atoms with Gasteiger partial charge in [0.1, 0.15) is 5.75 Å². The van der Waals surface area contributed by atoms with Crippen molar-refractivity contribution in [1.82, 2.24) is 10.0 Å². The Morgan fingerprint density at radius 2 is 1.70 bits per heavy atom. The van der Waals surface area contributed by atoms with E-state index < -0.39 is 22.5 Å². The molecule has 1 amide bonds. The zero-order valence-corrected chi connectivity index (χ0v) is 17.5. The molecule has 0 aliphatic heterocycles. The van der Waals surface area contributed by atoms with Crippen LogP contribution in [0.4, 0.5) is 8.78 Å². The van der Waals surface area contributed by atoms with Gasteiger partial charge in [-0.15, -0.1) is 0 Å². The quantitative estimate of drug-likeness (QED) is 0.557. The SMILES string of the molecule is CC(C)NS(=O)(=O)Cc1ccc(CNC(=O)/C=C/c2ccccc2OC(F)F)cc1. The Kier molecular flexibility index (Phi) is 8.49. The van der Waals surface area contributed by atoms with Crippen LogP contribution in [0.15, 0.2) is 54.6 Å². The van der Waals surface area contributed by atoms with Crippen LogP contribution in [0.5, 0.6) is 5.75 Å². The molecular weight excluding hydrogens is 414 g/mol. The van der Waals surface area contributed by atoms with E-state index in [0.717, 1.165) is 5.56 Å². The van der Waals surface area contributed by atoms with Gasteiger partial charge in [-0.25, -0.2) is 13.1 Å². The Balaban J connectivity index is 1.90. The van der Waals surface area contributed by atoms with Crippen LogP contribution in [0.2, 0.25) is 0 Å². The lowest BCUT2D eigenvalue weighted by atomic mass is 10.1. The summed E-state index contributed by atoms with van der Waals surface area (Å²) in [5, 5.41) is 2.68. The third-order valence-corrected chi connectivity index (χ3v) is 5.35. The van der Waals surface area contributed by atoms with E-state index in [2.05, 4.69) is 14.8 Å². The summed E-state index contributed by atoms with van der Waals surface area (Å²) in [7, 11) is -3.40. The maximum Gasteiger partial charge on any atom is 0.387 e. The normalized spacial score (nSPS) is 11.9. The maximum atomic E-state index is 12.4. The van der Waals surface area contributed by atoms with E-state index in [9.17, 15) is 22.0 Å². The smallest absolute Gasteiger partial charge is 0.387 e. The van der Waals surface area contributed by atoms with Crippen LogP contribution >= 0.6 is 0 Å². The van der Waals surface area contributed by atoms with Crippen LogP contribution in [0.25, 0.3) is 6.08 Å². The second-order valence-electron chi connectivity index (χ2n) is 6.82. The van der Waals surface area contributed by atoms with Crippen LogP contribution in [-0.4, -0.2) is 27.0 Å². The first kappa shape index (κ1) is 23.5. The molecule has 2 rings (SSSR count). The number of alkyl halides is 2. The summed E-state index contributed by atoms with van der Waals surface area (Å²) in [5.41, 5.74) is 1.78. The highest BCUT2D eigenvalue weighted by molar-refractivity contribution is 7.88. The molecule has 0 spiro atoms. The molecule has 0 aromatic heterocycles. The third-order valence-electron chi connectivity index (χ3n) is 3.81. The highest BCUT2D eigenvalue weighted by Gasteiger charge is 2.13. The average Bonchev–Trinajstić information content (AvgIpc) is 2.65. The fraction of sp³-hybridized carbons (Fsp3) is 0.286. The summed E-state index contributed by atoms with van der Waals surface area (Å²) in [6, 6.07) is 12.8. The van der Waals surface area contributed by atoms with Gasteiger partial charge in [0.05, 0.1) is 5.75 Å². The van der Waals surface area contributed by atoms with Crippen LogP contribution in [0, 0.1) is 0 Å². The van der Waals surface area contributed by atoms with Gasteiger partial charge in [-0.2, -0.15) is 8.78 Å². The minimum Gasteiger partial charge on any atom is -0.434 e. The molecule has 0 saturated heterocycles. The number of hydrogen-bond acceptors (Lipinski definition) is 4. The summed E-state index contributed by atoms with van der Waals surface area (Å²) in [6.07, 6.45) is 2.62. The van der Waals surface area contributed by atoms with E-state index in [1.54, 1.807) is 56.3 Å². The molecular formula is C21H24F2N2O4S. The lowest BCUT2D eigenvalue weighted by Gasteiger charge is -2.10. The molecule has 30 heavy (non-hydrogen) atoms. The van der Waals surface area contributed by atoms with Crippen molar-refractivity contribution in [3.63, 3.8) is 0 Å². The number of benzene rings is 2. The van der Waals surface area contributed by atoms with E-state index >= 15 is 0 Å². The molecule has 0 atom stereocenters. The van der Waals surface area contributed by atoms with E-state index in [1.807, 2.05) is 0 Å². The van der Waals surface area contributed by atoms with Crippen LogP contribution in [0.1, 0.15) is 30.5 Å². The second kappa shape index (κ2) is 10.8. The molecule has 0 unspecified atom stereocenters. The van der Waals surface area contributed by atoms with Crippen molar-refractivity contribution in [2.75, 3.05) is 0 Å².